The van der Waals surface area contributed by atoms with Gasteiger partial charge in [0.05, 0.1) is 31.1 Å². The third-order valence-electron chi connectivity index (χ3n) is 4.88. The average Bonchev–Trinajstić information content (AvgIpc) is 3.01. The normalized spacial score (nSPS) is 24.6. The summed E-state index contributed by atoms with van der Waals surface area (Å²) in [7, 11) is 1.85. The summed E-state index contributed by atoms with van der Waals surface area (Å²) >= 11 is 0. The van der Waals surface area contributed by atoms with Crippen molar-refractivity contribution in [2.24, 2.45) is 5.92 Å². The van der Waals surface area contributed by atoms with E-state index in [4.69, 9.17) is 9.47 Å². The number of hydrogen-bond acceptors (Lipinski definition) is 4. The summed E-state index contributed by atoms with van der Waals surface area (Å²) < 4.78 is 10.5. The van der Waals surface area contributed by atoms with Crippen LogP contribution in [0.3, 0.4) is 0 Å². The molecule has 0 bridgehead atoms. The molecule has 0 aromatic rings. The Kier molecular flexibility index (Phi) is 5.62. The summed E-state index contributed by atoms with van der Waals surface area (Å²) in [6, 6.07) is 0. The number of carbonyl (C=O) groups is 2. The second-order valence-electron chi connectivity index (χ2n) is 6.22. The van der Waals surface area contributed by atoms with Crippen LogP contribution >= 0.6 is 0 Å². The third-order valence-corrected chi connectivity index (χ3v) is 4.88. The minimum absolute atomic E-state index is 0.0454. The molecular formula is C16H27NO4. The Balaban J connectivity index is 2.09. The van der Waals surface area contributed by atoms with Gasteiger partial charge in [-0.05, 0) is 26.2 Å². The van der Waals surface area contributed by atoms with Crippen molar-refractivity contribution in [1.29, 1.82) is 0 Å². The third kappa shape index (κ3) is 3.76. The molecule has 5 heteroatoms. The Labute approximate surface area is 127 Å². The molecule has 120 valence electrons. The molecule has 0 N–H and O–H groups in total. The number of rotatable bonds is 5. The van der Waals surface area contributed by atoms with Gasteiger partial charge in [0.1, 0.15) is 0 Å². The van der Waals surface area contributed by atoms with Gasteiger partial charge in [0, 0.05) is 13.7 Å². The molecule has 1 saturated carbocycles. The zero-order valence-electron chi connectivity index (χ0n) is 13.2. The second kappa shape index (κ2) is 7.25. The topological polar surface area (TPSA) is 55.8 Å². The molecular weight excluding hydrogens is 270 g/mol. The van der Waals surface area contributed by atoms with Crippen LogP contribution in [0.1, 0.15) is 51.9 Å². The van der Waals surface area contributed by atoms with Crippen LogP contribution in [-0.2, 0) is 19.1 Å². The fourth-order valence-electron chi connectivity index (χ4n) is 3.56. The highest BCUT2D eigenvalue weighted by Gasteiger charge is 2.42. The summed E-state index contributed by atoms with van der Waals surface area (Å²) in [6.45, 7) is 3.38. The standard InChI is InChI=1S/C16H27NO4/c1-3-21-14(18)11-16(8-5-4-6-9-16)17(2)15(19)13-7-10-20-12-13/h13H,3-12H2,1-2H3/t13-/m1/s1. The zero-order chi connectivity index (χ0) is 15.3. The number of amides is 1. The molecule has 0 unspecified atom stereocenters. The van der Waals surface area contributed by atoms with Gasteiger partial charge < -0.3 is 14.4 Å². The first-order valence-corrected chi connectivity index (χ1v) is 8.10. The molecule has 2 rings (SSSR count). The van der Waals surface area contributed by atoms with E-state index in [1.165, 1.54) is 6.42 Å². The van der Waals surface area contributed by atoms with Crippen LogP contribution in [0, 0.1) is 5.92 Å². The number of nitrogens with zero attached hydrogens (tertiary/aromatic N) is 1. The van der Waals surface area contributed by atoms with E-state index in [0.29, 0.717) is 26.2 Å². The van der Waals surface area contributed by atoms with Gasteiger partial charge in [-0.2, -0.15) is 0 Å². The number of esters is 1. The Hall–Kier alpha value is -1.10. The van der Waals surface area contributed by atoms with Gasteiger partial charge >= 0.3 is 5.97 Å². The zero-order valence-corrected chi connectivity index (χ0v) is 13.2. The van der Waals surface area contributed by atoms with E-state index in [2.05, 4.69) is 0 Å². The van der Waals surface area contributed by atoms with Crippen LogP contribution in [0.5, 0.6) is 0 Å². The van der Waals surface area contributed by atoms with Gasteiger partial charge in [-0.3, -0.25) is 9.59 Å². The van der Waals surface area contributed by atoms with E-state index in [-0.39, 0.29) is 23.3 Å². The van der Waals surface area contributed by atoms with Crippen LogP contribution in [0.25, 0.3) is 0 Å². The van der Waals surface area contributed by atoms with Crippen molar-refractivity contribution in [2.75, 3.05) is 26.9 Å². The van der Waals surface area contributed by atoms with Gasteiger partial charge in [0.25, 0.3) is 0 Å². The average molecular weight is 297 g/mol. The van der Waals surface area contributed by atoms with Crippen molar-refractivity contribution >= 4 is 11.9 Å². The van der Waals surface area contributed by atoms with Crippen molar-refractivity contribution < 1.29 is 19.1 Å². The lowest BCUT2D eigenvalue weighted by Crippen LogP contribution is -2.54. The lowest BCUT2D eigenvalue weighted by atomic mass is 9.77. The molecule has 1 amide bonds. The van der Waals surface area contributed by atoms with Crippen molar-refractivity contribution in [3.63, 3.8) is 0 Å². The van der Waals surface area contributed by atoms with Gasteiger partial charge in [-0.1, -0.05) is 19.3 Å². The Morgan fingerprint density at radius 3 is 2.57 bits per heavy atom. The number of carbonyl (C=O) groups excluding carboxylic acids is 2. The highest BCUT2D eigenvalue weighted by molar-refractivity contribution is 5.81. The van der Waals surface area contributed by atoms with E-state index in [1.54, 1.807) is 0 Å². The fraction of sp³-hybridized carbons (Fsp3) is 0.875. The molecule has 2 fully saturated rings. The summed E-state index contributed by atoms with van der Waals surface area (Å²) in [4.78, 5) is 26.5. The van der Waals surface area contributed by atoms with Crippen molar-refractivity contribution in [3.8, 4) is 0 Å². The molecule has 0 spiro atoms. The van der Waals surface area contributed by atoms with Crippen LogP contribution in [0.4, 0.5) is 0 Å². The predicted octanol–water partition coefficient (Wildman–Crippen LogP) is 2.14. The van der Waals surface area contributed by atoms with E-state index in [0.717, 1.165) is 32.1 Å². The van der Waals surface area contributed by atoms with Gasteiger partial charge in [-0.25, -0.2) is 0 Å². The van der Waals surface area contributed by atoms with E-state index in [1.807, 2.05) is 18.9 Å². The molecule has 5 nitrogen and oxygen atoms in total. The van der Waals surface area contributed by atoms with Crippen molar-refractivity contribution in [3.05, 3.63) is 0 Å². The molecule has 0 radical (unpaired) electrons. The Bertz CT molecular complexity index is 370. The smallest absolute Gasteiger partial charge is 0.308 e. The SMILES string of the molecule is CCOC(=O)CC1(N(C)C(=O)[C@@H]2CCOC2)CCCCC1. The fourth-order valence-corrected chi connectivity index (χ4v) is 3.56. The molecule has 1 aliphatic carbocycles. The van der Waals surface area contributed by atoms with Gasteiger partial charge in [0.2, 0.25) is 5.91 Å². The van der Waals surface area contributed by atoms with E-state index < -0.39 is 0 Å². The second-order valence-corrected chi connectivity index (χ2v) is 6.22. The first-order valence-electron chi connectivity index (χ1n) is 8.10. The molecule has 0 aromatic heterocycles. The summed E-state index contributed by atoms with van der Waals surface area (Å²) in [5, 5.41) is 0. The van der Waals surface area contributed by atoms with E-state index in [9.17, 15) is 9.59 Å². The Morgan fingerprint density at radius 2 is 2.00 bits per heavy atom. The highest BCUT2D eigenvalue weighted by Crippen LogP contribution is 2.37. The summed E-state index contributed by atoms with van der Waals surface area (Å²) in [5.74, 6) is -0.114. The predicted molar refractivity (Wildman–Crippen MR) is 78.8 cm³/mol. The molecule has 1 atom stereocenters. The minimum Gasteiger partial charge on any atom is -0.466 e. The van der Waals surface area contributed by atoms with Crippen molar-refractivity contribution in [1.82, 2.24) is 4.90 Å². The molecule has 21 heavy (non-hydrogen) atoms. The van der Waals surface area contributed by atoms with Gasteiger partial charge in [-0.15, -0.1) is 0 Å². The summed E-state index contributed by atoms with van der Waals surface area (Å²) in [6.07, 6.45) is 6.20. The monoisotopic (exact) mass is 297 g/mol. The number of ether oxygens (including phenoxy) is 2. The maximum atomic E-state index is 12.7. The van der Waals surface area contributed by atoms with E-state index >= 15 is 0 Å². The lowest BCUT2D eigenvalue weighted by Gasteiger charge is -2.45. The quantitative estimate of drug-likeness (QED) is 0.730. The Morgan fingerprint density at radius 1 is 1.29 bits per heavy atom. The number of hydrogen-bond donors (Lipinski definition) is 0. The van der Waals surface area contributed by atoms with Crippen LogP contribution < -0.4 is 0 Å². The maximum absolute atomic E-state index is 12.7. The van der Waals surface area contributed by atoms with Gasteiger partial charge in [0.15, 0.2) is 0 Å². The molecule has 1 aliphatic heterocycles. The first-order chi connectivity index (χ1) is 10.1. The summed E-state index contributed by atoms with van der Waals surface area (Å²) in [5.41, 5.74) is -0.357. The van der Waals surface area contributed by atoms with Crippen molar-refractivity contribution in [2.45, 2.75) is 57.4 Å². The molecule has 2 aliphatic rings. The largest absolute Gasteiger partial charge is 0.466 e. The minimum atomic E-state index is -0.357. The van der Waals surface area contributed by atoms with Crippen LogP contribution in [0.2, 0.25) is 0 Å². The molecule has 1 heterocycles. The maximum Gasteiger partial charge on any atom is 0.308 e. The van der Waals surface area contributed by atoms with Crippen LogP contribution in [0.15, 0.2) is 0 Å². The lowest BCUT2D eigenvalue weighted by molar-refractivity contribution is -0.151. The first kappa shape index (κ1) is 16.3. The molecule has 0 aromatic carbocycles. The highest BCUT2D eigenvalue weighted by atomic mass is 16.5. The van der Waals surface area contributed by atoms with Crippen LogP contribution in [-0.4, -0.2) is 49.2 Å². The molecule has 1 saturated heterocycles.